The molecule has 0 amide bonds. The van der Waals surface area contributed by atoms with E-state index < -0.39 is 11.5 Å². The molecular formula is FO2RbS. The normalized spacial score (nSPS) is 12.4. The Morgan fingerprint density at radius 2 is 1.80 bits per heavy atom. The van der Waals surface area contributed by atoms with E-state index in [1.165, 1.54) is 0 Å². The van der Waals surface area contributed by atoms with Crippen LogP contribution in [0.15, 0.2) is 0 Å². The predicted octanol–water partition coefficient (Wildman–Crippen LogP) is -3.25. The molecule has 1 atom stereocenters. The Bertz CT molecular complexity index is 32.6. The molecule has 0 aliphatic carbocycles. The van der Waals surface area contributed by atoms with E-state index in [4.69, 9.17) is 8.76 Å². The van der Waals surface area contributed by atoms with Crippen LogP contribution in [0.5, 0.6) is 0 Å². The van der Waals surface area contributed by atoms with E-state index in [9.17, 15) is 3.89 Å². The van der Waals surface area contributed by atoms with Crippen molar-refractivity contribution in [3.05, 3.63) is 0 Å². The third kappa shape index (κ3) is 25.4. The number of rotatable bonds is 0. The minimum atomic E-state index is -3.36. The fourth-order valence-electron chi connectivity index (χ4n) is 0. The van der Waals surface area contributed by atoms with Gasteiger partial charge in [0.15, 0.2) is 0 Å². The van der Waals surface area contributed by atoms with Crippen LogP contribution in [-0.4, -0.2) is 8.76 Å². The van der Waals surface area contributed by atoms with Gasteiger partial charge in [-0.05, 0) is 0 Å². The van der Waals surface area contributed by atoms with Gasteiger partial charge in [-0.1, -0.05) is 0 Å². The van der Waals surface area contributed by atoms with E-state index >= 15 is 0 Å². The second-order valence-electron chi connectivity index (χ2n) is 0.194. The summed E-state index contributed by atoms with van der Waals surface area (Å²) in [6.45, 7) is 0. The molecule has 1 unspecified atom stereocenters. The largest absolute Gasteiger partial charge is 1.00 e. The van der Waals surface area contributed by atoms with E-state index in [0.717, 1.165) is 0 Å². The molecule has 0 aliphatic heterocycles. The van der Waals surface area contributed by atoms with Crippen LogP contribution in [0.3, 0.4) is 0 Å². The summed E-state index contributed by atoms with van der Waals surface area (Å²) < 4.78 is 26.6. The minimum absolute atomic E-state index is 0. The van der Waals surface area contributed by atoms with Gasteiger partial charge in [-0.3, -0.25) is 0 Å². The van der Waals surface area contributed by atoms with Gasteiger partial charge in [0.05, 0.1) is 0 Å². The molecule has 0 saturated heterocycles. The Hall–Kier alpha value is 1.85. The number of hydrogen-bond acceptors (Lipinski definition) is 2. The summed E-state index contributed by atoms with van der Waals surface area (Å²) in [4.78, 5) is 0. The van der Waals surface area contributed by atoms with Crippen molar-refractivity contribution in [3.63, 3.8) is 0 Å². The molecule has 0 N–H and O–H groups in total. The third-order valence-corrected chi connectivity index (χ3v) is 0. The van der Waals surface area contributed by atoms with E-state index in [1.807, 2.05) is 0 Å². The predicted molar refractivity (Wildman–Crippen MR) is 10.0 cm³/mol. The van der Waals surface area contributed by atoms with Crippen LogP contribution >= 0.6 is 0 Å². The first-order chi connectivity index (χ1) is 1.73. The Morgan fingerprint density at radius 1 is 1.80 bits per heavy atom. The zero-order valence-electron chi connectivity index (χ0n) is 2.60. The molecule has 0 bridgehead atoms. The van der Waals surface area contributed by atoms with Gasteiger partial charge in [0, 0.05) is 0 Å². The van der Waals surface area contributed by atoms with Crippen molar-refractivity contribution in [1.29, 1.82) is 0 Å². The summed E-state index contributed by atoms with van der Waals surface area (Å²) in [5.41, 5.74) is 0. The van der Waals surface area contributed by atoms with E-state index in [-0.39, 0.29) is 58.2 Å². The van der Waals surface area contributed by atoms with Gasteiger partial charge in [-0.25, -0.2) is 4.21 Å². The Morgan fingerprint density at radius 3 is 1.80 bits per heavy atom. The Labute approximate surface area is 80.5 Å². The van der Waals surface area contributed by atoms with Crippen molar-refractivity contribution in [2.75, 3.05) is 0 Å². The van der Waals surface area contributed by atoms with Gasteiger partial charge in [-0.15, -0.1) is 3.89 Å². The van der Waals surface area contributed by atoms with Crippen molar-refractivity contribution < 1.29 is 70.8 Å². The first kappa shape index (κ1) is 9.96. The van der Waals surface area contributed by atoms with Crippen LogP contribution in [-0.2, 0) is 11.5 Å². The zero-order chi connectivity index (χ0) is 3.58. The zero-order valence-corrected chi connectivity index (χ0v) is 8.34. The van der Waals surface area contributed by atoms with Crippen LogP contribution in [0.4, 0.5) is 3.89 Å². The van der Waals surface area contributed by atoms with Crippen molar-refractivity contribution in [1.82, 2.24) is 0 Å². The number of hydrogen-bond donors (Lipinski definition) is 0. The standard InChI is InChI=1S/FHO2S.Rb/c1-4(2)3;/h(H,2,3);/q;+1/p-1. The van der Waals surface area contributed by atoms with Crippen molar-refractivity contribution in [3.8, 4) is 0 Å². The maximum absolute atomic E-state index is 9.92. The van der Waals surface area contributed by atoms with Crippen LogP contribution < -0.4 is 58.2 Å². The molecule has 0 radical (unpaired) electrons. The van der Waals surface area contributed by atoms with Gasteiger partial charge >= 0.3 is 58.2 Å². The van der Waals surface area contributed by atoms with Crippen LogP contribution in [0, 0.1) is 0 Å². The molecule has 0 rings (SSSR count). The van der Waals surface area contributed by atoms with Gasteiger partial charge < -0.3 is 4.55 Å². The van der Waals surface area contributed by atoms with E-state index in [2.05, 4.69) is 0 Å². The Balaban J connectivity index is 0. The third-order valence-electron chi connectivity index (χ3n) is 0. The van der Waals surface area contributed by atoms with Gasteiger partial charge in [-0.2, -0.15) is 0 Å². The molecule has 5 heteroatoms. The quantitative estimate of drug-likeness (QED) is 0.282. The Kier molecular flexibility index (Phi) is 11.6. The van der Waals surface area contributed by atoms with E-state index in [0.29, 0.717) is 0 Å². The van der Waals surface area contributed by atoms with E-state index in [1.54, 1.807) is 0 Å². The summed E-state index contributed by atoms with van der Waals surface area (Å²) in [5, 5.41) is 0. The summed E-state index contributed by atoms with van der Waals surface area (Å²) >= 11 is -3.36. The van der Waals surface area contributed by atoms with Gasteiger partial charge in [0.2, 0.25) is 0 Å². The molecule has 0 spiro atoms. The monoisotopic (exact) mass is 168 g/mol. The molecule has 26 valence electrons. The average molecular weight is 169 g/mol. The summed E-state index contributed by atoms with van der Waals surface area (Å²) in [6.07, 6.45) is 0. The molecule has 0 fully saturated rings. The van der Waals surface area contributed by atoms with Crippen molar-refractivity contribution in [2.45, 2.75) is 0 Å². The summed E-state index contributed by atoms with van der Waals surface area (Å²) in [7, 11) is 0. The summed E-state index contributed by atoms with van der Waals surface area (Å²) in [5.74, 6) is 0. The first-order valence-corrected chi connectivity index (χ1v) is 1.46. The molecule has 0 aliphatic rings. The summed E-state index contributed by atoms with van der Waals surface area (Å²) in [6, 6.07) is 0. The molecule has 0 heterocycles. The second-order valence-corrected chi connectivity index (χ2v) is 0.582. The van der Waals surface area contributed by atoms with Gasteiger partial charge in [0.25, 0.3) is 0 Å². The number of halogens is 1. The first-order valence-electron chi connectivity index (χ1n) is 0.488. The van der Waals surface area contributed by atoms with Crippen molar-refractivity contribution >= 4 is 11.5 Å². The molecule has 0 aromatic heterocycles. The van der Waals surface area contributed by atoms with Crippen LogP contribution in [0.25, 0.3) is 0 Å². The fraction of sp³-hybridized carbons (Fsp3) is 0. The second kappa shape index (κ2) is 5.85. The smallest absolute Gasteiger partial charge is 0.746 e. The average Bonchev–Trinajstić information content (AvgIpc) is 0.811. The van der Waals surface area contributed by atoms with Crippen molar-refractivity contribution in [2.24, 2.45) is 0 Å². The molecule has 0 aromatic rings. The fourth-order valence-corrected chi connectivity index (χ4v) is 0. The molecule has 2 nitrogen and oxygen atoms in total. The van der Waals surface area contributed by atoms with Crippen LogP contribution in [0.2, 0.25) is 0 Å². The SMILES string of the molecule is O=S([O-])F.[Rb+]. The maximum Gasteiger partial charge on any atom is 1.00 e. The minimum Gasteiger partial charge on any atom is -0.746 e. The van der Waals surface area contributed by atoms with Crippen LogP contribution in [0.1, 0.15) is 0 Å². The maximum atomic E-state index is 9.92. The molecule has 5 heavy (non-hydrogen) atoms. The topological polar surface area (TPSA) is 40.1 Å². The molecule has 0 aromatic carbocycles. The molecular weight excluding hydrogens is 169 g/mol. The van der Waals surface area contributed by atoms with Gasteiger partial charge in [0.1, 0.15) is 11.5 Å². The molecule has 0 saturated carbocycles.